The van der Waals surface area contributed by atoms with Crippen LogP contribution in [-0.2, 0) is 33.3 Å². The smallest absolute Gasteiger partial charge is 0.361 e. The molecule has 0 aliphatic rings. The molecule has 0 heterocycles. The molecular formula is C67H116NO8+. The number of esters is 2. The molecule has 0 aromatic heterocycles. The fourth-order valence-electron chi connectivity index (χ4n) is 8.38. The van der Waals surface area contributed by atoms with Gasteiger partial charge in [-0.3, -0.25) is 9.59 Å². The van der Waals surface area contributed by atoms with E-state index in [0.29, 0.717) is 23.9 Å². The zero-order valence-corrected chi connectivity index (χ0v) is 49.6. The Balaban J connectivity index is 4.23. The van der Waals surface area contributed by atoms with Gasteiger partial charge in [-0.2, -0.15) is 0 Å². The Morgan fingerprint density at radius 1 is 0.408 bits per heavy atom. The van der Waals surface area contributed by atoms with E-state index in [1.165, 1.54) is 122 Å². The monoisotopic (exact) mass is 1060 g/mol. The number of carboxylic acids is 1. The number of quaternary nitrogens is 1. The Bertz CT molecular complexity index is 1570. The topological polar surface area (TPSA) is 108 Å². The molecule has 0 saturated heterocycles. The molecule has 0 aromatic carbocycles. The first-order valence-corrected chi connectivity index (χ1v) is 30.9. The second-order valence-electron chi connectivity index (χ2n) is 21.6. The van der Waals surface area contributed by atoms with Gasteiger partial charge < -0.3 is 28.5 Å². The third-order valence-electron chi connectivity index (χ3n) is 13.1. The van der Waals surface area contributed by atoms with Crippen LogP contribution in [0.3, 0.4) is 0 Å². The Morgan fingerprint density at radius 2 is 0.750 bits per heavy atom. The lowest BCUT2D eigenvalue weighted by Crippen LogP contribution is -2.40. The van der Waals surface area contributed by atoms with E-state index in [-0.39, 0.29) is 32.2 Å². The summed E-state index contributed by atoms with van der Waals surface area (Å²) >= 11 is 0. The number of carbonyl (C=O) groups excluding carboxylic acids is 2. The van der Waals surface area contributed by atoms with Crippen LogP contribution in [0.1, 0.15) is 251 Å². The van der Waals surface area contributed by atoms with Crippen molar-refractivity contribution in [2.75, 3.05) is 47.5 Å². The van der Waals surface area contributed by atoms with E-state index >= 15 is 0 Å². The SMILES string of the molecule is CC/C=C\C/C=C\C/C=C\C/C=C\C/C=C\C/C=C\C/C=C\C/C=C\CCCCCCCCCCC(=O)OC(COC(=O)CCCCCCCCCCCCCCCCCCCC)COC(OCC[N+](C)(C)C)C(=O)O. The van der Waals surface area contributed by atoms with Gasteiger partial charge >= 0.3 is 17.9 Å². The first kappa shape index (κ1) is 72.2. The Kier molecular flexibility index (Phi) is 54.5. The van der Waals surface area contributed by atoms with E-state index in [1.807, 2.05) is 21.1 Å². The summed E-state index contributed by atoms with van der Waals surface area (Å²) in [6, 6.07) is 0. The Labute approximate surface area is 467 Å². The van der Waals surface area contributed by atoms with Crippen LogP contribution in [0, 0.1) is 0 Å². The van der Waals surface area contributed by atoms with Crippen molar-refractivity contribution < 1.29 is 42.9 Å². The average Bonchev–Trinajstić information content (AvgIpc) is 3.39. The number of allylic oxidation sites excluding steroid dienone is 16. The van der Waals surface area contributed by atoms with Crippen LogP contribution < -0.4 is 0 Å². The van der Waals surface area contributed by atoms with Crippen LogP contribution >= 0.6 is 0 Å². The predicted octanol–water partition coefficient (Wildman–Crippen LogP) is 18.5. The standard InChI is InChI=1S/C67H115NO8/c1-6-8-10-12-14-16-18-20-22-24-26-27-28-29-30-31-32-33-34-35-36-37-38-39-40-42-44-46-48-50-52-54-56-58-65(70)76-63(62-75-67(66(71)72)73-60-59-68(3,4)5)61-74-64(69)57-55-53-51-49-47-45-43-41-25-23-21-19-17-15-13-11-9-7-2/h8,10,14,16,20,22,26-27,29-30,32-33,35-36,38-39,63,67H,6-7,9,11-13,15,17-19,21,23-25,28,31,34,37,40-62H2,1-5H3/p+1/b10-8-,16-14-,22-20-,27-26-,30-29-,33-32-,36-35-,39-38-. The number of unbranched alkanes of at least 4 members (excludes halogenated alkanes) is 25. The molecular weight excluding hydrogens is 947 g/mol. The molecule has 1 N–H and O–H groups in total. The van der Waals surface area contributed by atoms with Crippen molar-refractivity contribution in [1.29, 1.82) is 0 Å². The molecule has 0 aliphatic carbocycles. The second-order valence-corrected chi connectivity index (χ2v) is 21.6. The van der Waals surface area contributed by atoms with Crippen molar-refractivity contribution in [3.63, 3.8) is 0 Å². The van der Waals surface area contributed by atoms with Crippen LogP contribution in [0.5, 0.6) is 0 Å². The molecule has 0 rings (SSSR count). The minimum Gasteiger partial charge on any atom is -0.477 e. The highest BCUT2D eigenvalue weighted by molar-refractivity contribution is 5.71. The highest BCUT2D eigenvalue weighted by Gasteiger charge is 2.25. The summed E-state index contributed by atoms with van der Waals surface area (Å²) in [7, 11) is 5.97. The van der Waals surface area contributed by atoms with Crippen LogP contribution in [0.25, 0.3) is 0 Å². The maximum Gasteiger partial charge on any atom is 0.361 e. The fraction of sp³-hybridized carbons (Fsp3) is 0.716. The Morgan fingerprint density at radius 3 is 1.12 bits per heavy atom. The number of hydrogen-bond donors (Lipinski definition) is 1. The highest BCUT2D eigenvalue weighted by atomic mass is 16.7. The molecule has 9 heteroatoms. The normalized spacial score (nSPS) is 13.4. The summed E-state index contributed by atoms with van der Waals surface area (Å²) in [5.41, 5.74) is 0. The zero-order chi connectivity index (χ0) is 55.5. The number of rotatable bonds is 56. The third kappa shape index (κ3) is 57.9. The summed E-state index contributed by atoms with van der Waals surface area (Å²) in [4.78, 5) is 37.5. The first-order chi connectivity index (χ1) is 37.1. The molecule has 0 spiro atoms. The number of carboxylic acid groups (broad SMARTS) is 1. The minimum absolute atomic E-state index is 0.183. The van der Waals surface area contributed by atoms with Crippen LogP contribution in [0.15, 0.2) is 97.2 Å². The summed E-state index contributed by atoms with van der Waals surface area (Å²) < 4.78 is 22.9. The van der Waals surface area contributed by atoms with Gasteiger partial charge in [0, 0.05) is 12.8 Å². The van der Waals surface area contributed by atoms with Gasteiger partial charge in [0.25, 0.3) is 6.29 Å². The molecule has 0 fully saturated rings. The number of likely N-dealkylation sites (N-methyl/N-ethyl adjacent to an activating group) is 1. The molecule has 2 unspecified atom stereocenters. The van der Waals surface area contributed by atoms with Crippen molar-refractivity contribution in [3.05, 3.63) is 97.2 Å². The predicted molar refractivity (Wildman–Crippen MR) is 322 cm³/mol. The molecule has 9 nitrogen and oxygen atoms in total. The van der Waals surface area contributed by atoms with E-state index in [0.717, 1.165) is 96.3 Å². The van der Waals surface area contributed by atoms with Crippen LogP contribution in [-0.4, -0.2) is 87.4 Å². The number of hydrogen-bond acceptors (Lipinski definition) is 7. The van der Waals surface area contributed by atoms with Gasteiger partial charge in [0.05, 0.1) is 34.4 Å². The molecule has 0 radical (unpaired) electrons. The number of ether oxygens (including phenoxy) is 4. The van der Waals surface area contributed by atoms with Crippen molar-refractivity contribution >= 4 is 17.9 Å². The maximum absolute atomic E-state index is 12.9. The van der Waals surface area contributed by atoms with Gasteiger partial charge in [0.15, 0.2) is 6.10 Å². The number of carbonyl (C=O) groups is 3. The van der Waals surface area contributed by atoms with Gasteiger partial charge in [-0.15, -0.1) is 0 Å². The van der Waals surface area contributed by atoms with Crippen molar-refractivity contribution in [2.24, 2.45) is 0 Å². The fourth-order valence-corrected chi connectivity index (χ4v) is 8.38. The van der Waals surface area contributed by atoms with E-state index in [1.54, 1.807) is 0 Å². The van der Waals surface area contributed by atoms with Gasteiger partial charge in [-0.05, 0) is 77.0 Å². The second kappa shape index (κ2) is 57.4. The van der Waals surface area contributed by atoms with E-state index in [9.17, 15) is 19.5 Å². The average molecular weight is 1060 g/mol. The molecule has 2 atom stereocenters. The quantitative estimate of drug-likeness (QED) is 0.0211. The highest BCUT2D eigenvalue weighted by Crippen LogP contribution is 2.16. The lowest BCUT2D eigenvalue weighted by atomic mass is 10.0. The molecule has 76 heavy (non-hydrogen) atoms. The largest absolute Gasteiger partial charge is 0.477 e. The molecule has 0 bridgehead atoms. The molecule has 0 aliphatic heterocycles. The zero-order valence-electron chi connectivity index (χ0n) is 49.6. The first-order valence-electron chi connectivity index (χ1n) is 30.9. The summed E-state index contributed by atoms with van der Waals surface area (Å²) in [6.45, 7) is 4.77. The van der Waals surface area contributed by atoms with Crippen LogP contribution in [0.4, 0.5) is 0 Å². The van der Waals surface area contributed by atoms with Gasteiger partial charge in [0.2, 0.25) is 0 Å². The van der Waals surface area contributed by atoms with Gasteiger partial charge in [-0.25, -0.2) is 4.79 Å². The van der Waals surface area contributed by atoms with E-state index in [4.69, 9.17) is 18.9 Å². The number of aliphatic carboxylic acids is 1. The minimum atomic E-state index is -1.52. The lowest BCUT2D eigenvalue weighted by Gasteiger charge is -2.25. The number of nitrogens with zero attached hydrogens (tertiary/aromatic N) is 1. The van der Waals surface area contributed by atoms with Crippen molar-refractivity contribution in [2.45, 2.75) is 264 Å². The van der Waals surface area contributed by atoms with Crippen molar-refractivity contribution in [3.8, 4) is 0 Å². The Hall–Kier alpha value is -3.79. The lowest BCUT2D eigenvalue weighted by molar-refractivity contribution is -0.870. The molecule has 0 amide bonds. The van der Waals surface area contributed by atoms with E-state index < -0.39 is 24.3 Å². The molecule has 0 saturated carbocycles. The van der Waals surface area contributed by atoms with E-state index in [2.05, 4.69) is 111 Å². The summed E-state index contributed by atoms with van der Waals surface area (Å²) in [5.74, 6) is -2.01. The van der Waals surface area contributed by atoms with Gasteiger partial charge in [0.1, 0.15) is 13.2 Å². The third-order valence-corrected chi connectivity index (χ3v) is 13.1. The summed E-state index contributed by atoms with van der Waals surface area (Å²) in [6.07, 6.45) is 74.9. The molecule has 436 valence electrons. The van der Waals surface area contributed by atoms with Crippen LogP contribution in [0.2, 0.25) is 0 Å². The van der Waals surface area contributed by atoms with Crippen molar-refractivity contribution in [1.82, 2.24) is 0 Å². The maximum atomic E-state index is 12.9. The summed E-state index contributed by atoms with van der Waals surface area (Å²) in [5, 5.41) is 9.71. The molecule has 0 aromatic rings. The van der Waals surface area contributed by atoms with Gasteiger partial charge in [-0.1, -0.05) is 259 Å².